The Morgan fingerprint density at radius 2 is 1.82 bits per heavy atom. The first-order chi connectivity index (χ1) is 8.22. The van der Waals surface area contributed by atoms with Crippen molar-refractivity contribution in [2.45, 2.75) is 68.8 Å². The molecule has 2 saturated carbocycles. The normalized spacial score (nSPS) is 37.9. The predicted molar refractivity (Wildman–Crippen MR) is 74.4 cm³/mol. The molecule has 2 aliphatic carbocycles. The van der Waals surface area contributed by atoms with E-state index in [9.17, 15) is 4.21 Å². The molecular weight excluding hydrogens is 230 g/mol. The quantitative estimate of drug-likeness (QED) is 0.845. The molecule has 0 spiro atoms. The van der Waals surface area contributed by atoms with Gasteiger partial charge in [-0.3, -0.25) is 4.21 Å². The lowest BCUT2D eigenvalue weighted by molar-refractivity contribution is 0.300. The molecule has 0 saturated heterocycles. The van der Waals surface area contributed by atoms with Crippen molar-refractivity contribution in [2.75, 3.05) is 6.54 Å². The Kier molecular flexibility index (Phi) is 5.04. The van der Waals surface area contributed by atoms with Gasteiger partial charge in [0.15, 0.2) is 0 Å². The maximum absolute atomic E-state index is 12.7. The van der Waals surface area contributed by atoms with Gasteiger partial charge in [-0.25, -0.2) is 0 Å². The average Bonchev–Trinajstić information content (AvgIpc) is 2.39. The molecule has 0 aromatic rings. The van der Waals surface area contributed by atoms with Crippen molar-refractivity contribution >= 4 is 10.8 Å². The standard InChI is InChI=1S/C14H27NOS/c1-11-7-8-12(10-15)14(9-11)17(16)13-5-3-2-4-6-13/h11-14H,2-10,15H2,1H3. The van der Waals surface area contributed by atoms with Crippen molar-refractivity contribution in [3.63, 3.8) is 0 Å². The van der Waals surface area contributed by atoms with E-state index in [-0.39, 0.29) is 0 Å². The van der Waals surface area contributed by atoms with Gasteiger partial charge in [-0.1, -0.05) is 32.6 Å². The topological polar surface area (TPSA) is 43.1 Å². The fourth-order valence-corrected chi connectivity index (χ4v) is 5.93. The molecule has 100 valence electrons. The molecule has 0 radical (unpaired) electrons. The maximum atomic E-state index is 12.7. The third-order valence-corrected chi connectivity index (χ3v) is 6.98. The molecule has 0 aromatic heterocycles. The molecular formula is C14H27NOS. The van der Waals surface area contributed by atoms with Crippen LogP contribution in [0.1, 0.15) is 58.3 Å². The van der Waals surface area contributed by atoms with Crippen LogP contribution in [-0.4, -0.2) is 21.3 Å². The van der Waals surface area contributed by atoms with Crippen LogP contribution >= 0.6 is 0 Å². The number of hydrogen-bond acceptors (Lipinski definition) is 2. The molecule has 3 heteroatoms. The molecule has 4 unspecified atom stereocenters. The van der Waals surface area contributed by atoms with Crippen LogP contribution in [0.15, 0.2) is 0 Å². The van der Waals surface area contributed by atoms with Crippen molar-refractivity contribution < 1.29 is 4.21 Å². The van der Waals surface area contributed by atoms with Crippen molar-refractivity contribution in [2.24, 2.45) is 17.6 Å². The molecule has 0 aromatic carbocycles. The highest BCUT2D eigenvalue weighted by Crippen LogP contribution is 2.35. The first kappa shape index (κ1) is 13.5. The maximum Gasteiger partial charge on any atom is 0.0393 e. The van der Waals surface area contributed by atoms with Gasteiger partial charge in [-0.2, -0.15) is 0 Å². The summed E-state index contributed by atoms with van der Waals surface area (Å²) in [6, 6.07) is 0. The first-order valence-electron chi connectivity index (χ1n) is 7.31. The van der Waals surface area contributed by atoms with Gasteiger partial charge in [0.1, 0.15) is 0 Å². The highest BCUT2D eigenvalue weighted by Gasteiger charge is 2.35. The predicted octanol–water partition coefficient (Wildman–Crippen LogP) is 2.83. The molecule has 2 nitrogen and oxygen atoms in total. The average molecular weight is 257 g/mol. The lowest BCUT2D eigenvalue weighted by Crippen LogP contribution is -2.40. The van der Waals surface area contributed by atoms with E-state index in [0.29, 0.717) is 16.4 Å². The van der Waals surface area contributed by atoms with E-state index in [0.717, 1.165) is 18.9 Å². The van der Waals surface area contributed by atoms with Gasteiger partial charge in [-0.15, -0.1) is 0 Å². The Hall–Kier alpha value is 0.110. The van der Waals surface area contributed by atoms with Crippen LogP contribution in [0.25, 0.3) is 0 Å². The lowest BCUT2D eigenvalue weighted by Gasteiger charge is -2.36. The summed E-state index contributed by atoms with van der Waals surface area (Å²) in [7, 11) is -0.624. The van der Waals surface area contributed by atoms with Gasteiger partial charge in [0.05, 0.1) is 0 Å². The molecule has 0 aliphatic heterocycles. The SMILES string of the molecule is CC1CCC(CN)C(S(=O)C2CCCCC2)C1. The first-order valence-corrected chi connectivity index (χ1v) is 8.59. The van der Waals surface area contributed by atoms with Crippen LogP contribution in [-0.2, 0) is 10.8 Å². The summed E-state index contributed by atoms with van der Waals surface area (Å²) in [4.78, 5) is 0. The summed E-state index contributed by atoms with van der Waals surface area (Å²) in [5.41, 5.74) is 5.87. The Balaban J connectivity index is 1.99. The molecule has 17 heavy (non-hydrogen) atoms. The van der Waals surface area contributed by atoms with Gasteiger partial charge < -0.3 is 5.73 Å². The van der Waals surface area contributed by atoms with E-state index >= 15 is 0 Å². The molecule has 4 atom stereocenters. The lowest BCUT2D eigenvalue weighted by atomic mass is 9.82. The summed E-state index contributed by atoms with van der Waals surface area (Å²) in [5.74, 6) is 1.27. The zero-order valence-electron chi connectivity index (χ0n) is 11.1. The van der Waals surface area contributed by atoms with Crippen molar-refractivity contribution in [1.82, 2.24) is 0 Å². The minimum absolute atomic E-state index is 0.395. The van der Waals surface area contributed by atoms with Gasteiger partial charge in [0.25, 0.3) is 0 Å². The third-order valence-electron chi connectivity index (χ3n) is 4.67. The van der Waals surface area contributed by atoms with Crippen LogP contribution in [0.2, 0.25) is 0 Å². The zero-order valence-corrected chi connectivity index (χ0v) is 11.9. The molecule has 2 fully saturated rings. The summed E-state index contributed by atoms with van der Waals surface area (Å²) < 4.78 is 12.7. The van der Waals surface area contributed by atoms with Gasteiger partial charge in [-0.05, 0) is 44.1 Å². The van der Waals surface area contributed by atoms with E-state index in [2.05, 4.69) is 6.92 Å². The smallest absolute Gasteiger partial charge is 0.0393 e. The highest BCUT2D eigenvalue weighted by atomic mass is 32.2. The van der Waals surface area contributed by atoms with Crippen LogP contribution < -0.4 is 5.73 Å². The van der Waals surface area contributed by atoms with Crippen molar-refractivity contribution in [3.8, 4) is 0 Å². The van der Waals surface area contributed by atoms with E-state index < -0.39 is 10.8 Å². The van der Waals surface area contributed by atoms with Crippen molar-refractivity contribution in [1.29, 1.82) is 0 Å². The molecule has 2 rings (SSSR count). The van der Waals surface area contributed by atoms with Gasteiger partial charge in [0.2, 0.25) is 0 Å². The second kappa shape index (κ2) is 6.33. The Morgan fingerprint density at radius 1 is 1.12 bits per heavy atom. The molecule has 2 N–H and O–H groups in total. The fourth-order valence-electron chi connectivity index (χ4n) is 3.49. The Morgan fingerprint density at radius 3 is 2.47 bits per heavy atom. The third kappa shape index (κ3) is 3.31. The number of nitrogens with two attached hydrogens (primary N) is 1. The van der Waals surface area contributed by atoms with Crippen LogP contribution in [0.5, 0.6) is 0 Å². The van der Waals surface area contributed by atoms with E-state index in [1.807, 2.05) is 0 Å². The van der Waals surface area contributed by atoms with Crippen LogP contribution in [0.3, 0.4) is 0 Å². The van der Waals surface area contributed by atoms with Crippen LogP contribution in [0, 0.1) is 11.8 Å². The molecule has 0 bridgehead atoms. The second-order valence-electron chi connectivity index (χ2n) is 6.04. The molecule has 2 aliphatic rings. The fraction of sp³-hybridized carbons (Fsp3) is 1.00. The van der Waals surface area contributed by atoms with Crippen molar-refractivity contribution in [3.05, 3.63) is 0 Å². The zero-order chi connectivity index (χ0) is 12.3. The Bertz CT molecular complexity index is 263. The van der Waals surface area contributed by atoms with E-state index in [4.69, 9.17) is 5.73 Å². The summed E-state index contributed by atoms with van der Waals surface area (Å²) in [6.45, 7) is 3.04. The number of hydrogen-bond donors (Lipinski definition) is 1. The largest absolute Gasteiger partial charge is 0.330 e. The van der Waals surface area contributed by atoms with Gasteiger partial charge in [0, 0.05) is 21.3 Å². The summed E-state index contributed by atoms with van der Waals surface area (Å²) >= 11 is 0. The minimum Gasteiger partial charge on any atom is -0.330 e. The molecule has 0 amide bonds. The summed E-state index contributed by atoms with van der Waals surface area (Å²) in [5, 5.41) is 0.875. The minimum atomic E-state index is -0.624. The van der Waals surface area contributed by atoms with Crippen LogP contribution in [0.4, 0.5) is 0 Å². The monoisotopic (exact) mass is 257 g/mol. The molecule has 0 heterocycles. The Labute approximate surface area is 108 Å². The highest BCUT2D eigenvalue weighted by molar-refractivity contribution is 7.86. The summed E-state index contributed by atoms with van der Waals surface area (Å²) in [6.07, 6.45) is 9.91. The number of rotatable bonds is 3. The van der Waals surface area contributed by atoms with E-state index in [1.54, 1.807) is 0 Å². The van der Waals surface area contributed by atoms with E-state index in [1.165, 1.54) is 44.9 Å². The van der Waals surface area contributed by atoms with Gasteiger partial charge >= 0.3 is 0 Å². The second-order valence-corrected chi connectivity index (χ2v) is 7.97.